The number of likely N-dealkylation sites (tertiary alicyclic amines) is 1. The molecule has 0 unspecified atom stereocenters. The van der Waals surface area contributed by atoms with Crippen molar-refractivity contribution in [3.05, 3.63) is 59.8 Å². The fourth-order valence-electron chi connectivity index (χ4n) is 3.36. The Hall–Kier alpha value is -2.89. The molecule has 6 nitrogen and oxygen atoms in total. The van der Waals surface area contributed by atoms with E-state index in [4.69, 9.17) is 0 Å². The standard InChI is InChI=1S/C19H20N4O2/c1-2-18(24)22-11-16(12-22)23(15-3-4-15)17-9-14(10-21-19(17)25)13-5-7-20-8-6-13/h2,5-10,15-16H,1,3-4,11-12H2,(H,21,25). The van der Waals surface area contributed by atoms with E-state index in [9.17, 15) is 9.59 Å². The number of hydrogen-bond donors (Lipinski definition) is 1. The van der Waals surface area contributed by atoms with Crippen LogP contribution < -0.4 is 10.5 Å². The third kappa shape index (κ3) is 2.95. The summed E-state index contributed by atoms with van der Waals surface area (Å²) in [5, 5.41) is 0. The third-order valence-electron chi connectivity index (χ3n) is 4.86. The number of anilines is 1. The van der Waals surface area contributed by atoms with Crippen molar-refractivity contribution in [2.45, 2.75) is 24.9 Å². The molecule has 6 heteroatoms. The summed E-state index contributed by atoms with van der Waals surface area (Å²) in [6.45, 7) is 4.81. The number of rotatable bonds is 5. The average molecular weight is 336 g/mol. The first kappa shape index (κ1) is 15.6. The van der Waals surface area contributed by atoms with Gasteiger partial charge >= 0.3 is 0 Å². The van der Waals surface area contributed by atoms with E-state index in [-0.39, 0.29) is 17.5 Å². The van der Waals surface area contributed by atoms with Crippen molar-refractivity contribution in [3.8, 4) is 11.1 Å². The zero-order valence-corrected chi connectivity index (χ0v) is 13.9. The lowest BCUT2D eigenvalue weighted by atomic mass is 10.0. The lowest BCUT2D eigenvalue weighted by molar-refractivity contribution is -0.130. The Labute approximate surface area is 145 Å². The van der Waals surface area contributed by atoms with Gasteiger partial charge in [-0.1, -0.05) is 6.58 Å². The molecule has 0 radical (unpaired) electrons. The smallest absolute Gasteiger partial charge is 0.271 e. The maximum absolute atomic E-state index is 12.5. The van der Waals surface area contributed by atoms with E-state index in [0.29, 0.717) is 24.8 Å². The zero-order chi connectivity index (χ0) is 17.4. The van der Waals surface area contributed by atoms with E-state index in [1.165, 1.54) is 6.08 Å². The summed E-state index contributed by atoms with van der Waals surface area (Å²) in [7, 11) is 0. The van der Waals surface area contributed by atoms with Gasteiger partial charge in [-0.05, 0) is 42.7 Å². The van der Waals surface area contributed by atoms with Gasteiger partial charge in [-0.25, -0.2) is 0 Å². The summed E-state index contributed by atoms with van der Waals surface area (Å²) in [4.78, 5) is 35.1. The number of amides is 1. The summed E-state index contributed by atoms with van der Waals surface area (Å²) in [5.41, 5.74) is 2.58. The molecule has 0 spiro atoms. The number of H-pyrrole nitrogens is 1. The van der Waals surface area contributed by atoms with Crippen LogP contribution >= 0.6 is 0 Å². The Bertz CT molecular complexity index is 851. The minimum absolute atomic E-state index is 0.0496. The van der Waals surface area contributed by atoms with Crippen molar-refractivity contribution < 1.29 is 4.79 Å². The van der Waals surface area contributed by atoms with Crippen molar-refractivity contribution in [1.82, 2.24) is 14.9 Å². The largest absolute Gasteiger partial charge is 0.358 e. The van der Waals surface area contributed by atoms with Gasteiger partial charge in [-0.2, -0.15) is 0 Å². The van der Waals surface area contributed by atoms with Crippen LogP contribution in [0.1, 0.15) is 12.8 Å². The normalized spacial score (nSPS) is 17.0. The van der Waals surface area contributed by atoms with Gasteiger partial charge in [-0.3, -0.25) is 14.6 Å². The number of hydrogen-bond acceptors (Lipinski definition) is 4. The molecule has 2 fully saturated rings. The Morgan fingerprint density at radius 2 is 1.96 bits per heavy atom. The number of nitrogens with zero attached hydrogens (tertiary/aromatic N) is 3. The van der Waals surface area contributed by atoms with Gasteiger partial charge in [0.1, 0.15) is 5.69 Å². The van der Waals surface area contributed by atoms with Crippen molar-refractivity contribution in [2.24, 2.45) is 0 Å². The molecule has 0 bridgehead atoms. The van der Waals surface area contributed by atoms with Gasteiger partial charge in [0, 0.05) is 43.3 Å². The Morgan fingerprint density at radius 1 is 1.24 bits per heavy atom. The van der Waals surface area contributed by atoms with Crippen LogP contribution in [0.5, 0.6) is 0 Å². The van der Waals surface area contributed by atoms with Gasteiger partial charge in [0.2, 0.25) is 5.91 Å². The summed E-state index contributed by atoms with van der Waals surface area (Å²) >= 11 is 0. The molecule has 0 atom stereocenters. The van der Waals surface area contributed by atoms with E-state index in [1.807, 2.05) is 18.2 Å². The van der Waals surface area contributed by atoms with Crippen LogP contribution in [0.4, 0.5) is 5.69 Å². The van der Waals surface area contributed by atoms with Gasteiger partial charge < -0.3 is 14.8 Å². The van der Waals surface area contributed by atoms with Crippen molar-refractivity contribution >= 4 is 11.6 Å². The molecule has 1 aliphatic heterocycles. The van der Waals surface area contributed by atoms with E-state index in [1.54, 1.807) is 23.5 Å². The van der Waals surface area contributed by atoms with E-state index < -0.39 is 0 Å². The minimum atomic E-state index is -0.0850. The van der Waals surface area contributed by atoms with E-state index in [0.717, 1.165) is 24.0 Å². The number of nitrogens with one attached hydrogen (secondary N) is 1. The van der Waals surface area contributed by atoms with Gasteiger partial charge in [0.05, 0.1) is 6.04 Å². The van der Waals surface area contributed by atoms with Gasteiger partial charge in [0.25, 0.3) is 5.56 Å². The predicted molar refractivity (Wildman–Crippen MR) is 96.4 cm³/mol. The fraction of sp³-hybridized carbons (Fsp3) is 0.316. The number of aromatic amines is 1. The second kappa shape index (κ2) is 6.20. The first-order valence-electron chi connectivity index (χ1n) is 8.50. The molecule has 1 saturated heterocycles. The molecule has 1 amide bonds. The molecule has 128 valence electrons. The quantitative estimate of drug-likeness (QED) is 0.846. The van der Waals surface area contributed by atoms with Crippen molar-refractivity contribution in [1.29, 1.82) is 0 Å². The SMILES string of the molecule is C=CC(=O)N1CC(N(c2cc(-c3ccncc3)c[nH]c2=O)C2CC2)C1. The van der Waals surface area contributed by atoms with Crippen LogP contribution in [0, 0.1) is 0 Å². The number of carbonyl (C=O) groups excluding carboxylic acids is 1. The minimum Gasteiger partial charge on any atom is -0.358 e. The number of carbonyl (C=O) groups is 1. The first-order chi connectivity index (χ1) is 12.2. The Morgan fingerprint density at radius 3 is 2.60 bits per heavy atom. The monoisotopic (exact) mass is 336 g/mol. The van der Waals surface area contributed by atoms with Crippen molar-refractivity contribution in [2.75, 3.05) is 18.0 Å². The molecule has 25 heavy (non-hydrogen) atoms. The Balaban J connectivity index is 1.63. The van der Waals surface area contributed by atoms with Crippen LogP contribution in [0.25, 0.3) is 11.1 Å². The van der Waals surface area contributed by atoms with E-state index in [2.05, 4.69) is 21.4 Å². The molecule has 1 saturated carbocycles. The van der Waals surface area contributed by atoms with Crippen LogP contribution in [-0.2, 0) is 4.79 Å². The molecule has 4 rings (SSSR count). The van der Waals surface area contributed by atoms with Crippen LogP contribution in [-0.4, -0.2) is 45.9 Å². The highest BCUT2D eigenvalue weighted by molar-refractivity contribution is 5.88. The fourth-order valence-corrected chi connectivity index (χ4v) is 3.36. The second-order valence-electron chi connectivity index (χ2n) is 6.58. The molecule has 2 aliphatic rings. The van der Waals surface area contributed by atoms with Crippen LogP contribution in [0.3, 0.4) is 0 Å². The maximum Gasteiger partial charge on any atom is 0.271 e. The second-order valence-corrected chi connectivity index (χ2v) is 6.58. The molecular weight excluding hydrogens is 316 g/mol. The molecule has 0 aromatic carbocycles. The summed E-state index contributed by atoms with van der Waals surface area (Å²) in [6.07, 6.45) is 8.73. The average Bonchev–Trinajstić information content (AvgIpc) is 3.43. The first-order valence-corrected chi connectivity index (χ1v) is 8.50. The van der Waals surface area contributed by atoms with Crippen LogP contribution in [0.15, 0.2) is 54.2 Å². The van der Waals surface area contributed by atoms with Crippen molar-refractivity contribution in [3.63, 3.8) is 0 Å². The maximum atomic E-state index is 12.5. The Kier molecular flexibility index (Phi) is 3.87. The highest BCUT2D eigenvalue weighted by Crippen LogP contribution is 2.35. The van der Waals surface area contributed by atoms with Crippen LogP contribution in [0.2, 0.25) is 0 Å². The zero-order valence-electron chi connectivity index (χ0n) is 13.9. The number of pyridine rings is 2. The highest BCUT2D eigenvalue weighted by Gasteiger charge is 2.41. The predicted octanol–water partition coefficient (Wildman–Crippen LogP) is 1.80. The summed E-state index contributed by atoms with van der Waals surface area (Å²) in [6, 6.07) is 6.37. The summed E-state index contributed by atoms with van der Waals surface area (Å²) < 4.78 is 0. The highest BCUT2D eigenvalue weighted by atomic mass is 16.2. The molecule has 3 heterocycles. The molecule has 2 aromatic rings. The molecular formula is C19H20N4O2. The number of aromatic nitrogens is 2. The topological polar surface area (TPSA) is 69.3 Å². The third-order valence-corrected chi connectivity index (χ3v) is 4.86. The molecule has 1 N–H and O–H groups in total. The molecule has 2 aromatic heterocycles. The summed E-state index contributed by atoms with van der Waals surface area (Å²) in [5.74, 6) is -0.0496. The van der Waals surface area contributed by atoms with E-state index >= 15 is 0 Å². The van der Waals surface area contributed by atoms with Gasteiger partial charge in [-0.15, -0.1) is 0 Å². The lowest BCUT2D eigenvalue weighted by Gasteiger charge is -2.46. The lowest BCUT2D eigenvalue weighted by Crippen LogP contribution is -2.62. The molecule has 1 aliphatic carbocycles. The van der Waals surface area contributed by atoms with Gasteiger partial charge in [0.15, 0.2) is 0 Å².